The smallest absolute Gasteiger partial charge is 0.348 e. The molecule has 5 heteroatoms. The van der Waals surface area contributed by atoms with E-state index in [1.807, 2.05) is 37.3 Å². The summed E-state index contributed by atoms with van der Waals surface area (Å²) in [4.78, 5) is 20.4. The molecule has 1 N–H and O–H groups in total. The summed E-state index contributed by atoms with van der Waals surface area (Å²) in [6, 6.07) is 13.2. The molecule has 0 spiro atoms. The van der Waals surface area contributed by atoms with Crippen LogP contribution in [0.1, 0.15) is 15.2 Å². The van der Waals surface area contributed by atoms with Crippen LogP contribution < -0.4 is 0 Å². The lowest BCUT2D eigenvalue weighted by Crippen LogP contribution is -1.96. The summed E-state index contributed by atoms with van der Waals surface area (Å²) in [5.41, 5.74) is 3.01. The average Bonchev–Trinajstić information content (AvgIpc) is 2.94. The minimum absolute atomic E-state index is 0.215. The molecule has 0 aliphatic carbocycles. The highest BCUT2D eigenvalue weighted by Gasteiger charge is 2.20. The lowest BCUT2D eigenvalue weighted by atomic mass is 10.1. The van der Waals surface area contributed by atoms with Crippen LogP contribution in [0.4, 0.5) is 0 Å². The third-order valence-electron chi connectivity index (χ3n) is 3.10. The predicted molar refractivity (Wildman–Crippen MR) is 82.5 cm³/mol. The number of carbonyl (C=O) groups is 1. The van der Waals surface area contributed by atoms with Crippen LogP contribution in [0.2, 0.25) is 0 Å². The maximum absolute atomic E-state index is 11.5. The number of carboxylic acids is 1. The standard InChI is InChI=1S/C16H12N2O2S/c1-10-6-2-3-7-11(10)15-18-13(14(21-15)16(19)20)12-8-4-5-9-17-12/h2-9H,1H3,(H,19,20). The Bertz CT molecular complexity index is 797. The van der Waals surface area contributed by atoms with Gasteiger partial charge >= 0.3 is 5.97 Å². The number of carboxylic acid groups (broad SMARTS) is 1. The Morgan fingerprint density at radius 1 is 1.14 bits per heavy atom. The molecule has 0 bridgehead atoms. The van der Waals surface area contributed by atoms with Crippen molar-refractivity contribution in [2.24, 2.45) is 0 Å². The van der Waals surface area contributed by atoms with Gasteiger partial charge in [0, 0.05) is 11.8 Å². The topological polar surface area (TPSA) is 63.1 Å². The van der Waals surface area contributed by atoms with E-state index in [0.29, 0.717) is 16.4 Å². The summed E-state index contributed by atoms with van der Waals surface area (Å²) in [7, 11) is 0. The molecule has 0 unspecified atom stereocenters. The second kappa shape index (κ2) is 5.46. The van der Waals surface area contributed by atoms with E-state index in [1.165, 1.54) is 11.3 Å². The molecule has 0 aliphatic rings. The van der Waals surface area contributed by atoms with Crippen molar-refractivity contribution < 1.29 is 9.90 Å². The fraction of sp³-hybridized carbons (Fsp3) is 0.0625. The molecule has 2 heterocycles. The highest BCUT2D eigenvalue weighted by Crippen LogP contribution is 2.34. The first-order valence-corrected chi connectivity index (χ1v) is 7.20. The Hall–Kier alpha value is -2.53. The zero-order valence-corrected chi connectivity index (χ0v) is 12.1. The van der Waals surface area contributed by atoms with Gasteiger partial charge < -0.3 is 5.11 Å². The summed E-state index contributed by atoms with van der Waals surface area (Å²) in [6.07, 6.45) is 1.63. The maximum Gasteiger partial charge on any atom is 0.348 e. The monoisotopic (exact) mass is 296 g/mol. The normalized spacial score (nSPS) is 10.5. The summed E-state index contributed by atoms with van der Waals surface area (Å²) in [6.45, 7) is 1.98. The van der Waals surface area contributed by atoms with Crippen LogP contribution in [0, 0.1) is 6.92 Å². The van der Waals surface area contributed by atoms with Crippen molar-refractivity contribution in [1.29, 1.82) is 0 Å². The fourth-order valence-corrected chi connectivity index (χ4v) is 3.07. The molecule has 0 saturated heterocycles. The van der Waals surface area contributed by atoms with Crippen molar-refractivity contribution in [3.05, 3.63) is 59.1 Å². The minimum Gasteiger partial charge on any atom is -0.477 e. The quantitative estimate of drug-likeness (QED) is 0.796. The molecule has 21 heavy (non-hydrogen) atoms. The van der Waals surface area contributed by atoms with E-state index >= 15 is 0 Å². The summed E-state index contributed by atoms with van der Waals surface area (Å²) in [5.74, 6) is -0.979. The first-order chi connectivity index (χ1) is 10.2. The van der Waals surface area contributed by atoms with Crippen LogP contribution in [0.5, 0.6) is 0 Å². The molecule has 2 aromatic heterocycles. The molecule has 3 aromatic rings. The highest BCUT2D eigenvalue weighted by molar-refractivity contribution is 7.17. The molecular weight excluding hydrogens is 284 g/mol. The Morgan fingerprint density at radius 3 is 2.57 bits per heavy atom. The van der Waals surface area contributed by atoms with Crippen molar-refractivity contribution in [2.75, 3.05) is 0 Å². The van der Waals surface area contributed by atoms with Gasteiger partial charge in [-0.25, -0.2) is 9.78 Å². The third-order valence-corrected chi connectivity index (χ3v) is 4.18. The van der Waals surface area contributed by atoms with Crippen LogP contribution in [0.15, 0.2) is 48.7 Å². The summed E-state index contributed by atoms with van der Waals surface area (Å²) in [5, 5.41) is 10.1. The molecule has 0 saturated carbocycles. The number of hydrogen-bond donors (Lipinski definition) is 1. The Balaban J connectivity index is 2.18. The van der Waals surface area contributed by atoms with Crippen molar-refractivity contribution >= 4 is 17.3 Å². The number of benzene rings is 1. The zero-order valence-electron chi connectivity index (χ0n) is 11.3. The van der Waals surface area contributed by atoms with Gasteiger partial charge in [0.15, 0.2) is 0 Å². The van der Waals surface area contributed by atoms with Gasteiger partial charge in [-0.3, -0.25) is 4.98 Å². The minimum atomic E-state index is -0.979. The maximum atomic E-state index is 11.5. The van der Waals surface area contributed by atoms with Gasteiger partial charge in [0.05, 0.1) is 5.69 Å². The van der Waals surface area contributed by atoms with Crippen molar-refractivity contribution in [2.45, 2.75) is 6.92 Å². The SMILES string of the molecule is Cc1ccccc1-c1nc(-c2ccccn2)c(C(=O)O)s1. The van der Waals surface area contributed by atoms with Gasteiger partial charge in [-0.05, 0) is 24.6 Å². The van der Waals surface area contributed by atoms with E-state index < -0.39 is 5.97 Å². The van der Waals surface area contributed by atoms with Crippen molar-refractivity contribution in [1.82, 2.24) is 9.97 Å². The van der Waals surface area contributed by atoms with Crippen LogP contribution in [-0.2, 0) is 0 Å². The fourth-order valence-electron chi connectivity index (χ4n) is 2.07. The number of pyridine rings is 1. The molecule has 104 valence electrons. The number of aryl methyl sites for hydroxylation is 1. The molecule has 0 atom stereocenters. The van der Waals surface area contributed by atoms with Gasteiger partial charge in [-0.1, -0.05) is 30.3 Å². The van der Waals surface area contributed by atoms with Crippen LogP contribution >= 0.6 is 11.3 Å². The molecule has 0 fully saturated rings. The van der Waals surface area contributed by atoms with Crippen LogP contribution in [0.25, 0.3) is 22.0 Å². The van der Waals surface area contributed by atoms with Crippen LogP contribution in [0.3, 0.4) is 0 Å². The average molecular weight is 296 g/mol. The van der Waals surface area contributed by atoms with Crippen LogP contribution in [-0.4, -0.2) is 21.0 Å². The molecule has 0 radical (unpaired) electrons. The second-order valence-electron chi connectivity index (χ2n) is 4.53. The Labute approximate surface area is 125 Å². The number of thiazole rings is 1. The van der Waals surface area contributed by atoms with E-state index in [4.69, 9.17) is 0 Å². The lowest BCUT2D eigenvalue weighted by Gasteiger charge is -2.00. The van der Waals surface area contributed by atoms with Crippen molar-refractivity contribution in [3.63, 3.8) is 0 Å². The molecule has 1 aromatic carbocycles. The number of hydrogen-bond acceptors (Lipinski definition) is 4. The highest BCUT2D eigenvalue weighted by atomic mass is 32.1. The van der Waals surface area contributed by atoms with Crippen molar-refractivity contribution in [3.8, 4) is 22.0 Å². The van der Waals surface area contributed by atoms with Gasteiger partial charge in [-0.2, -0.15) is 0 Å². The number of rotatable bonds is 3. The third kappa shape index (κ3) is 2.55. The number of nitrogens with zero attached hydrogens (tertiary/aromatic N) is 2. The first kappa shape index (κ1) is 13.5. The van der Waals surface area contributed by atoms with Gasteiger partial charge in [0.2, 0.25) is 0 Å². The van der Waals surface area contributed by atoms with E-state index in [0.717, 1.165) is 11.1 Å². The largest absolute Gasteiger partial charge is 0.477 e. The van der Waals surface area contributed by atoms with Gasteiger partial charge in [-0.15, -0.1) is 11.3 Å². The molecule has 3 rings (SSSR count). The zero-order chi connectivity index (χ0) is 14.8. The summed E-state index contributed by atoms with van der Waals surface area (Å²) >= 11 is 1.18. The summed E-state index contributed by atoms with van der Waals surface area (Å²) < 4.78 is 0. The predicted octanol–water partition coefficient (Wildman–Crippen LogP) is 3.88. The number of aromatic nitrogens is 2. The van der Waals surface area contributed by atoms with E-state index in [2.05, 4.69) is 9.97 Å². The molecule has 4 nitrogen and oxygen atoms in total. The molecule has 0 amide bonds. The van der Waals surface area contributed by atoms with Gasteiger partial charge in [0.25, 0.3) is 0 Å². The van der Waals surface area contributed by atoms with E-state index in [1.54, 1.807) is 18.3 Å². The lowest BCUT2D eigenvalue weighted by molar-refractivity contribution is 0.0702. The Morgan fingerprint density at radius 2 is 1.90 bits per heavy atom. The molecule has 0 aliphatic heterocycles. The van der Waals surface area contributed by atoms with E-state index in [-0.39, 0.29) is 4.88 Å². The van der Waals surface area contributed by atoms with E-state index in [9.17, 15) is 9.90 Å². The Kier molecular flexibility index (Phi) is 3.50. The second-order valence-corrected chi connectivity index (χ2v) is 5.53. The molecular formula is C16H12N2O2S. The number of aromatic carboxylic acids is 1. The van der Waals surface area contributed by atoms with Gasteiger partial charge in [0.1, 0.15) is 15.6 Å². The first-order valence-electron chi connectivity index (χ1n) is 6.38.